The number of benzene rings is 3. The molecule has 172 valence electrons. The summed E-state index contributed by atoms with van der Waals surface area (Å²) in [7, 11) is 0. The highest BCUT2D eigenvalue weighted by atomic mass is 79.9. The lowest BCUT2D eigenvalue weighted by molar-refractivity contribution is -0.384. The number of nitrogens with zero attached hydrogens (tertiary/aromatic N) is 2. The van der Waals surface area contributed by atoms with E-state index >= 15 is 0 Å². The van der Waals surface area contributed by atoms with Gasteiger partial charge >= 0.3 is 0 Å². The Hall–Kier alpha value is -3.48. The van der Waals surface area contributed by atoms with Crippen LogP contribution >= 0.6 is 31.9 Å². The quantitative estimate of drug-likeness (QED) is 0.135. The van der Waals surface area contributed by atoms with E-state index < -0.39 is 10.8 Å². The first-order chi connectivity index (χ1) is 16.3. The fraction of sp³-hybridized carbons (Fsp3) is 0.120. The van der Waals surface area contributed by atoms with Crippen molar-refractivity contribution < 1.29 is 14.5 Å². The molecule has 3 aromatic carbocycles. The van der Waals surface area contributed by atoms with Gasteiger partial charge in [-0.05, 0) is 97.4 Å². The average molecular weight is 585 g/mol. The molecule has 0 atom stereocenters. The van der Waals surface area contributed by atoms with Crippen molar-refractivity contribution in [3.8, 4) is 11.8 Å². The zero-order valence-electron chi connectivity index (χ0n) is 18.0. The molecule has 0 radical (unpaired) electrons. The number of nitro benzene ring substituents is 1. The Bertz CT molecular complexity index is 1260. The Balaban J connectivity index is 1.73. The summed E-state index contributed by atoms with van der Waals surface area (Å²) in [6.45, 7) is 2.25. The fourth-order valence-corrected chi connectivity index (χ4v) is 4.46. The second kappa shape index (κ2) is 11.6. The molecule has 1 N–H and O–H groups in total. The third-order valence-corrected chi connectivity index (χ3v) is 6.03. The van der Waals surface area contributed by atoms with E-state index in [1.54, 1.807) is 36.4 Å². The number of rotatable bonds is 8. The van der Waals surface area contributed by atoms with Gasteiger partial charge < -0.3 is 10.1 Å². The van der Waals surface area contributed by atoms with Crippen LogP contribution in [0.2, 0.25) is 0 Å². The van der Waals surface area contributed by atoms with E-state index in [-0.39, 0.29) is 17.9 Å². The molecule has 0 saturated heterocycles. The number of non-ortho nitro benzene ring substituents is 1. The highest BCUT2D eigenvalue weighted by molar-refractivity contribution is 9.11. The molecule has 0 aliphatic carbocycles. The summed E-state index contributed by atoms with van der Waals surface area (Å²) in [5, 5.41) is 23.0. The first kappa shape index (κ1) is 25.1. The number of halogens is 2. The van der Waals surface area contributed by atoms with Crippen LogP contribution in [0.15, 0.2) is 75.2 Å². The number of hydrogen-bond acceptors (Lipinski definition) is 5. The van der Waals surface area contributed by atoms with Crippen LogP contribution in [0, 0.1) is 21.4 Å². The van der Waals surface area contributed by atoms with Crippen molar-refractivity contribution in [2.24, 2.45) is 0 Å². The summed E-state index contributed by atoms with van der Waals surface area (Å²) in [5.41, 5.74) is 3.12. The van der Waals surface area contributed by atoms with Crippen molar-refractivity contribution in [3.05, 3.63) is 102 Å². The van der Waals surface area contributed by atoms with Gasteiger partial charge in [0.1, 0.15) is 24.0 Å². The molecule has 0 heterocycles. The van der Waals surface area contributed by atoms with Gasteiger partial charge in [-0.2, -0.15) is 5.26 Å². The summed E-state index contributed by atoms with van der Waals surface area (Å²) in [6.07, 6.45) is 2.39. The van der Waals surface area contributed by atoms with E-state index in [9.17, 15) is 20.2 Å². The molecule has 0 aromatic heterocycles. The van der Waals surface area contributed by atoms with Gasteiger partial charge in [-0.1, -0.05) is 19.1 Å². The Morgan fingerprint density at radius 1 is 1.09 bits per heavy atom. The van der Waals surface area contributed by atoms with Gasteiger partial charge in [0.2, 0.25) is 0 Å². The third kappa shape index (κ3) is 6.53. The van der Waals surface area contributed by atoms with E-state index in [0.717, 1.165) is 17.5 Å². The second-order valence-electron chi connectivity index (χ2n) is 7.20. The zero-order chi connectivity index (χ0) is 24.7. The van der Waals surface area contributed by atoms with Gasteiger partial charge in [-0.15, -0.1) is 0 Å². The third-order valence-electron chi connectivity index (χ3n) is 4.85. The van der Waals surface area contributed by atoms with Crippen LogP contribution < -0.4 is 10.1 Å². The zero-order valence-corrected chi connectivity index (χ0v) is 21.2. The lowest BCUT2D eigenvalue weighted by Gasteiger charge is -2.12. The van der Waals surface area contributed by atoms with Crippen LogP contribution in [0.25, 0.3) is 6.08 Å². The number of nitrogens with one attached hydrogen (secondary N) is 1. The highest BCUT2D eigenvalue weighted by Crippen LogP contribution is 2.36. The lowest BCUT2D eigenvalue weighted by Crippen LogP contribution is -2.13. The molecular formula is C25H19Br2N3O4. The SMILES string of the molecule is CCc1ccc(NC(=O)/C(C#N)=C/c2cc(Br)c(OCc3ccc([N+](=O)[O-])cc3)c(Br)c2)cc1. The van der Waals surface area contributed by atoms with E-state index in [1.807, 2.05) is 25.1 Å². The fourth-order valence-electron chi connectivity index (χ4n) is 3.01. The van der Waals surface area contributed by atoms with Crippen LogP contribution in [0.1, 0.15) is 23.6 Å². The van der Waals surface area contributed by atoms with Crippen molar-refractivity contribution in [3.63, 3.8) is 0 Å². The number of anilines is 1. The van der Waals surface area contributed by atoms with Crippen molar-refractivity contribution >= 4 is 55.2 Å². The van der Waals surface area contributed by atoms with E-state index in [0.29, 0.717) is 25.9 Å². The van der Waals surface area contributed by atoms with E-state index in [1.165, 1.54) is 18.2 Å². The second-order valence-corrected chi connectivity index (χ2v) is 8.91. The molecule has 34 heavy (non-hydrogen) atoms. The first-order valence-corrected chi connectivity index (χ1v) is 11.8. The van der Waals surface area contributed by atoms with Crippen molar-refractivity contribution in [1.29, 1.82) is 5.26 Å². The lowest BCUT2D eigenvalue weighted by atomic mass is 10.1. The van der Waals surface area contributed by atoms with Crippen LogP contribution in [0.4, 0.5) is 11.4 Å². The van der Waals surface area contributed by atoms with Gasteiger partial charge in [0, 0.05) is 17.8 Å². The standard InChI is InChI=1S/C25H19Br2N3O4/c1-2-16-3-7-20(8-4-16)29-25(31)19(14-28)11-18-12-22(26)24(23(27)13-18)34-15-17-5-9-21(10-6-17)30(32)33/h3-13H,2,15H2,1H3,(H,29,31)/b19-11+. The summed E-state index contributed by atoms with van der Waals surface area (Å²) >= 11 is 6.92. The van der Waals surface area contributed by atoms with E-state index in [2.05, 4.69) is 37.2 Å². The molecule has 0 bridgehead atoms. The minimum absolute atomic E-state index is 0.0116. The topological polar surface area (TPSA) is 105 Å². The molecule has 0 aliphatic rings. The number of aryl methyl sites for hydroxylation is 1. The maximum Gasteiger partial charge on any atom is 0.269 e. The van der Waals surface area contributed by atoms with Crippen LogP contribution in [0.5, 0.6) is 5.75 Å². The highest BCUT2D eigenvalue weighted by Gasteiger charge is 2.13. The molecule has 0 aliphatic heterocycles. The van der Waals surface area contributed by atoms with Gasteiger partial charge in [0.05, 0.1) is 13.9 Å². The molecule has 0 fully saturated rings. The molecular weight excluding hydrogens is 566 g/mol. The van der Waals surface area contributed by atoms with Crippen LogP contribution in [0.3, 0.4) is 0 Å². The largest absolute Gasteiger partial charge is 0.487 e. The van der Waals surface area contributed by atoms with Crippen molar-refractivity contribution in [2.75, 3.05) is 5.32 Å². The predicted octanol–water partition coefficient (Wildman–Crippen LogP) is 6.81. The monoisotopic (exact) mass is 583 g/mol. The average Bonchev–Trinajstić information content (AvgIpc) is 2.82. The molecule has 0 saturated carbocycles. The van der Waals surface area contributed by atoms with Gasteiger partial charge in [0.15, 0.2) is 0 Å². The number of carbonyl (C=O) groups is 1. The van der Waals surface area contributed by atoms with Gasteiger partial charge in [0.25, 0.3) is 11.6 Å². The molecule has 0 unspecified atom stereocenters. The van der Waals surface area contributed by atoms with Gasteiger partial charge in [-0.25, -0.2) is 0 Å². The number of nitro groups is 1. The number of amides is 1. The summed E-state index contributed by atoms with van der Waals surface area (Å²) < 4.78 is 7.08. The Morgan fingerprint density at radius 2 is 1.68 bits per heavy atom. The maximum absolute atomic E-state index is 12.6. The molecule has 1 amide bonds. The maximum atomic E-state index is 12.6. The Morgan fingerprint density at radius 3 is 2.21 bits per heavy atom. The van der Waals surface area contributed by atoms with Crippen LogP contribution in [-0.2, 0) is 17.8 Å². The van der Waals surface area contributed by atoms with Crippen molar-refractivity contribution in [2.45, 2.75) is 20.0 Å². The summed E-state index contributed by atoms with van der Waals surface area (Å²) in [5.74, 6) is 0.0203. The number of carbonyl (C=O) groups excluding carboxylic acids is 1. The number of ether oxygens (including phenoxy) is 1. The molecule has 0 spiro atoms. The summed E-state index contributed by atoms with van der Waals surface area (Å²) in [6, 6.07) is 19.0. The normalized spacial score (nSPS) is 10.9. The number of hydrogen-bond donors (Lipinski definition) is 1. The number of nitriles is 1. The van der Waals surface area contributed by atoms with E-state index in [4.69, 9.17) is 4.74 Å². The minimum atomic E-state index is -0.502. The Kier molecular flexibility index (Phi) is 8.57. The molecule has 3 rings (SSSR count). The summed E-state index contributed by atoms with van der Waals surface area (Å²) in [4.78, 5) is 22.9. The predicted molar refractivity (Wildman–Crippen MR) is 137 cm³/mol. The van der Waals surface area contributed by atoms with Gasteiger partial charge in [-0.3, -0.25) is 14.9 Å². The molecule has 7 nitrogen and oxygen atoms in total. The first-order valence-electron chi connectivity index (χ1n) is 10.2. The van der Waals surface area contributed by atoms with Crippen LogP contribution in [-0.4, -0.2) is 10.8 Å². The Labute approximate surface area is 213 Å². The molecule has 3 aromatic rings. The molecule has 9 heteroatoms. The smallest absolute Gasteiger partial charge is 0.269 e. The minimum Gasteiger partial charge on any atom is -0.487 e. The van der Waals surface area contributed by atoms with Crippen molar-refractivity contribution in [1.82, 2.24) is 0 Å².